The zero-order chi connectivity index (χ0) is 20.7. The van der Waals surface area contributed by atoms with Crippen LogP contribution < -0.4 is 10.6 Å². The second-order valence-electron chi connectivity index (χ2n) is 7.19. The number of piperazine rings is 1. The van der Waals surface area contributed by atoms with E-state index in [0.29, 0.717) is 23.2 Å². The molecule has 2 rings (SSSR count). The highest BCUT2D eigenvalue weighted by Crippen LogP contribution is 2.24. The number of likely N-dealkylation sites (N-methyl/N-ethyl adjacent to an activating group) is 1. The first-order valence-electron chi connectivity index (χ1n) is 9.89. The molecule has 0 amide bonds. The molecule has 0 aliphatic carbocycles. The fraction of sp³-hybridized carbons (Fsp3) is 0.737. The Balaban J connectivity index is 1.88. The maximum absolute atomic E-state index is 12.0. The summed E-state index contributed by atoms with van der Waals surface area (Å²) in [5.41, 5.74) is 0.707. The Morgan fingerprint density at radius 3 is 2.61 bits per heavy atom. The van der Waals surface area contributed by atoms with Crippen molar-refractivity contribution < 1.29 is 9.53 Å². The Morgan fingerprint density at radius 1 is 1.32 bits per heavy atom. The van der Waals surface area contributed by atoms with Gasteiger partial charge in [0.2, 0.25) is 0 Å². The lowest BCUT2D eigenvalue weighted by Crippen LogP contribution is -2.52. The number of aliphatic imine (C=N–C) groups is 1. The molecule has 0 saturated carbocycles. The summed E-state index contributed by atoms with van der Waals surface area (Å²) in [6.07, 6.45) is 0. The highest BCUT2D eigenvalue weighted by molar-refractivity contribution is 7.13. The van der Waals surface area contributed by atoms with Gasteiger partial charge in [0, 0.05) is 45.8 Å². The average molecular weight is 411 g/mol. The van der Waals surface area contributed by atoms with Crippen LogP contribution in [0.25, 0.3) is 0 Å². The Morgan fingerprint density at radius 2 is 2.00 bits per heavy atom. The first kappa shape index (κ1) is 22.6. The highest BCUT2D eigenvalue weighted by Gasteiger charge is 2.21. The molecule has 2 atom stereocenters. The fourth-order valence-electron chi connectivity index (χ4n) is 3.09. The topological polar surface area (TPSA) is 82.1 Å². The zero-order valence-electron chi connectivity index (χ0n) is 17.9. The van der Waals surface area contributed by atoms with Crippen LogP contribution in [-0.4, -0.2) is 86.2 Å². The number of esters is 1. The van der Waals surface area contributed by atoms with Crippen molar-refractivity contribution in [1.29, 1.82) is 0 Å². The molecule has 8 nitrogen and oxygen atoms in total. The molecule has 28 heavy (non-hydrogen) atoms. The third-order valence-corrected chi connectivity index (χ3v) is 6.27. The van der Waals surface area contributed by atoms with Crippen LogP contribution in [0.1, 0.15) is 47.2 Å². The minimum Gasteiger partial charge on any atom is -0.462 e. The van der Waals surface area contributed by atoms with Gasteiger partial charge in [0.05, 0.1) is 18.3 Å². The molecule has 0 aromatic carbocycles. The molecule has 158 valence electrons. The van der Waals surface area contributed by atoms with Gasteiger partial charge in [-0.3, -0.25) is 9.89 Å². The summed E-state index contributed by atoms with van der Waals surface area (Å²) in [7, 11) is 3.93. The first-order chi connectivity index (χ1) is 13.3. The highest BCUT2D eigenvalue weighted by atomic mass is 32.1. The summed E-state index contributed by atoms with van der Waals surface area (Å²) in [5, 5.41) is 7.62. The fourth-order valence-corrected chi connectivity index (χ4v) is 4.05. The van der Waals surface area contributed by atoms with Crippen molar-refractivity contribution >= 4 is 23.3 Å². The zero-order valence-corrected chi connectivity index (χ0v) is 18.7. The van der Waals surface area contributed by atoms with Gasteiger partial charge in [-0.2, -0.15) is 0 Å². The van der Waals surface area contributed by atoms with Crippen LogP contribution in [0.2, 0.25) is 0 Å². The minimum absolute atomic E-state index is 0.0583. The van der Waals surface area contributed by atoms with Crippen molar-refractivity contribution in [2.45, 2.75) is 39.8 Å². The van der Waals surface area contributed by atoms with Gasteiger partial charge in [0.25, 0.3) is 0 Å². The van der Waals surface area contributed by atoms with Gasteiger partial charge >= 0.3 is 5.97 Å². The number of carbonyl (C=O) groups is 1. The molecule has 1 aliphatic heterocycles. The largest absolute Gasteiger partial charge is 0.462 e. The molecule has 2 unspecified atom stereocenters. The number of nitrogens with one attached hydrogen (secondary N) is 2. The molecule has 9 heteroatoms. The predicted molar refractivity (Wildman–Crippen MR) is 114 cm³/mol. The smallest absolute Gasteiger partial charge is 0.350 e. The van der Waals surface area contributed by atoms with Crippen LogP contribution in [0, 0.1) is 6.92 Å². The van der Waals surface area contributed by atoms with Gasteiger partial charge in [0.15, 0.2) is 5.96 Å². The number of thiazole rings is 1. The molecule has 1 aromatic rings. The van der Waals surface area contributed by atoms with E-state index in [1.165, 1.54) is 11.3 Å². The number of rotatable bonds is 7. The molecule has 0 bridgehead atoms. The molecule has 2 N–H and O–H groups in total. The average Bonchev–Trinajstić information content (AvgIpc) is 3.07. The Bertz CT molecular complexity index is 669. The van der Waals surface area contributed by atoms with Gasteiger partial charge in [0.1, 0.15) is 9.88 Å². The van der Waals surface area contributed by atoms with Crippen LogP contribution in [0.3, 0.4) is 0 Å². The van der Waals surface area contributed by atoms with Crippen molar-refractivity contribution in [3.05, 3.63) is 15.6 Å². The van der Waals surface area contributed by atoms with Crippen molar-refractivity contribution in [2.75, 3.05) is 53.4 Å². The van der Waals surface area contributed by atoms with Crippen LogP contribution in [0.15, 0.2) is 4.99 Å². The van der Waals surface area contributed by atoms with E-state index in [-0.39, 0.29) is 12.0 Å². The number of aryl methyl sites for hydroxylation is 1. The van der Waals surface area contributed by atoms with Crippen LogP contribution in [0.5, 0.6) is 0 Å². The van der Waals surface area contributed by atoms with E-state index in [2.05, 4.69) is 44.4 Å². The monoisotopic (exact) mass is 410 g/mol. The summed E-state index contributed by atoms with van der Waals surface area (Å²) in [6.45, 7) is 13.5. The van der Waals surface area contributed by atoms with Gasteiger partial charge in [-0.05, 0) is 34.7 Å². The van der Waals surface area contributed by atoms with Crippen molar-refractivity contribution in [2.24, 2.45) is 4.99 Å². The molecule has 0 radical (unpaired) electrons. The van der Waals surface area contributed by atoms with E-state index in [9.17, 15) is 4.79 Å². The second-order valence-corrected chi connectivity index (χ2v) is 8.23. The molecular weight excluding hydrogens is 376 g/mol. The third kappa shape index (κ3) is 6.15. The molecule has 1 aromatic heterocycles. The normalized spacial score (nSPS) is 18.6. The van der Waals surface area contributed by atoms with Crippen molar-refractivity contribution in [3.8, 4) is 0 Å². The number of nitrogens with zero attached hydrogens (tertiary/aromatic N) is 4. The Kier molecular flexibility index (Phi) is 8.65. The lowest BCUT2D eigenvalue weighted by molar-refractivity contribution is 0.0531. The van der Waals surface area contributed by atoms with E-state index in [4.69, 9.17) is 4.74 Å². The number of ether oxygens (including phenoxy) is 1. The van der Waals surface area contributed by atoms with Gasteiger partial charge < -0.3 is 20.3 Å². The number of hydrogen-bond donors (Lipinski definition) is 2. The van der Waals surface area contributed by atoms with Crippen molar-refractivity contribution in [3.63, 3.8) is 0 Å². The van der Waals surface area contributed by atoms with Crippen LogP contribution >= 0.6 is 11.3 Å². The first-order valence-corrected chi connectivity index (χ1v) is 10.7. The summed E-state index contributed by atoms with van der Waals surface area (Å²) in [5.74, 6) is 0.429. The summed E-state index contributed by atoms with van der Waals surface area (Å²) in [4.78, 5) is 26.3. The summed E-state index contributed by atoms with van der Waals surface area (Å²) >= 11 is 1.37. The van der Waals surface area contributed by atoms with Crippen LogP contribution in [-0.2, 0) is 4.74 Å². The van der Waals surface area contributed by atoms with Gasteiger partial charge in [-0.25, -0.2) is 9.78 Å². The van der Waals surface area contributed by atoms with E-state index in [1.54, 1.807) is 14.0 Å². The lowest BCUT2D eigenvalue weighted by Gasteiger charge is -2.36. The maximum Gasteiger partial charge on any atom is 0.350 e. The third-order valence-electron chi connectivity index (χ3n) is 4.95. The Labute approximate surface area is 172 Å². The van der Waals surface area contributed by atoms with Gasteiger partial charge in [-0.1, -0.05) is 0 Å². The minimum atomic E-state index is -0.306. The lowest BCUT2D eigenvalue weighted by atomic mass is 10.2. The van der Waals surface area contributed by atoms with E-state index in [1.807, 2.05) is 13.8 Å². The quantitative estimate of drug-likeness (QED) is 0.400. The van der Waals surface area contributed by atoms with Gasteiger partial charge in [-0.15, -0.1) is 11.3 Å². The number of guanidine groups is 1. The maximum atomic E-state index is 12.0. The number of hydrogen-bond acceptors (Lipinski definition) is 7. The van der Waals surface area contributed by atoms with E-state index < -0.39 is 0 Å². The van der Waals surface area contributed by atoms with Crippen molar-refractivity contribution in [1.82, 2.24) is 25.4 Å². The molecular formula is C19H34N6O2S. The molecule has 1 aliphatic rings. The SMILES string of the molecule is CCOC(=O)c1sc(C(C)NC(=NC)NCC(C)N2CCN(C)CC2)nc1C. The number of carbonyl (C=O) groups excluding carboxylic acids is 1. The van der Waals surface area contributed by atoms with Crippen LogP contribution in [0.4, 0.5) is 0 Å². The number of aromatic nitrogens is 1. The summed E-state index contributed by atoms with van der Waals surface area (Å²) in [6, 6.07) is 0.372. The predicted octanol–water partition coefficient (Wildman–Crippen LogP) is 1.49. The standard InChI is InChI=1S/C19H34N6O2S/c1-7-27-18(26)16-14(3)22-17(28-16)15(4)23-19(20-5)21-12-13(2)25-10-8-24(6)9-11-25/h13,15H,7-12H2,1-6H3,(H2,20,21,23). The molecule has 1 saturated heterocycles. The molecule has 2 heterocycles. The molecule has 1 fully saturated rings. The van der Waals surface area contributed by atoms with E-state index >= 15 is 0 Å². The van der Waals surface area contributed by atoms with E-state index in [0.717, 1.165) is 43.7 Å². The second kappa shape index (κ2) is 10.7. The Hall–Kier alpha value is -1.71. The molecule has 0 spiro atoms. The summed E-state index contributed by atoms with van der Waals surface area (Å²) < 4.78 is 5.10.